The van der Waals surface area contributed by atoms with E-state index in [4.69, 9.17) is 0 Å². The second-order valence-electron chi connectivity index (χ2n) is 9.72. The maximum Gasteiger partial charge on any atom is 0.405 e. The van der Waals surface area contributed by atoms with Crippen molar-refractivity contribution in [3.05, 3.63) is 84.4 Å². The van der Waals surface area contributed by atoms with E-state index in [0.29, 0.717) is 36.3 Å². The van der Waals surface area contributed by atoms with Crippen LogP contribution in [-0.4, -0.2) is 51.4 Å². The van der Waals surface area contributed by atoms with Crippen LogP contribution in [0.15, 0.2) is 78.9 Å². The molecule has 2 atom stereocenters. The summed E-state index contributed by atoms with van der Waals surface area (Å²) in [7, 11) is 0. The number of aromatic amines is 1. The first-order valence-corrected chi connectivity index (χ1v) is 12.9. The van der Waals surface area contributed by atoms with Gasteiger partial charge < -0.3 is 30.9 Å². The van der Waals surface area contributed by atoms with E-state index in [1.54, 1.807) is 36.4 Å². The number of aromatic nitrogens is 1. The first-order chi connectivity index (χ1) is 19.3. The van der Waals surface area contributed by atoms with Crippen LogP contribution in [0, 0.1) is 0 Å². The second kappa shape index (κ2) is 11.3. The molecule has 204 valence electrons. The zero-order valence-electron chi connectivity index (χ0n) is 21.8. The third-order valence-electron chi connectivity index (χ3n) is 6.89. The number of anilines is 2. The number of hydrogen-bond donors (Lipinski definition) is 5. The summed E-state index contributed by atoms with van der Waals surface area (Å²) in [6.07, 6.45) is -0.193. The Kier molecular flexibility index (Phi) is 7.50. The van der Waals surface area contributed by atoms with Gasteiger partial charge in [0.1, 0.15) is 12.1 Å². The van der Waals surface area contributed by atoms with Gasteiger partial charge in [-0.2, -0.15) is 0 Å². The molecule has 1 aromatic heterocycles. The largest absolute Gasteiger partial charge is 0.465 e. The number of amides is 4. The van der Waals surface area contributed by atoms with Crippen LogP contribution in [0.5, 0.6) is 0 Å². The van der Waals surface area contributed by atoms with Crippen LogP contribution in [0.4, 0.5) is 16.2 Å². The highest BCUT2D eigenvalue weighted by atomic mass is 16.4. The molecule has 1 unspecified atom stereocenters. The molecular weight excluding hydrogens is 510 g/mol. The average molecular weight is 540 g/mol. The summed E-state index contributed by atoms with van der Waals surface area (Å²) in [4.78, 5) is 54.3. The Morgan fingerprint density at radius 3 is 2.35 bits per heavy atom. The van der Waals surface area contributed by atoms with E-state index in [-0.39, 0.29) is 11.8 Å². The van der Waals surface area contributed by atoms with E-state index >= 15 is 0 Å². The summed E-state index contributed by atoms with van der Waals surface area (Å²) in [5, 5.41) is 18.2. The highest BCUT2D eigenvalue weighted by molar-refractivity contribution is 6.00. The molecule has 1 fully saturated rings. The van der Waals surface area contributed by atoms with Gasteiger partial charge in [0.15, 0.2) is 0 Å². The molecule has 1 aliphatic heterocycles. The van der Waals surface area contributed by atoms with Gasteiger partial charge in [-0.1, -0.05) is 42.5 Å². The number of nitrogens with zero attached hydrogens (tertiary/aromatic N) is 1. The number of hydrogen-bond acceptors (Lipinski definition) is 4. The number of nitrogens with one attached hydrogen (secondary N) is 4. The van der Waals surface area contributed by atoms with Crippen molar-refractivity contribution in [2.24, 2.45) is 0 Å². The van der Waals surface area contributed by atoms with Crippen LogP contribution in [0.1, 0.15) is 31.4 Å². The molecule has 0 aliphatic carbocycles. The van der Waals surface area contributed by atoms with Crippen molar-refractivity contribution in [1.29, 1.82) is 0 Å². The molecule has 2 heterocycles. The van der Waals surface area contributed by atoms with Crippen LogP contribution in [0.2, 0.25) is 0 Å². The Morgan fingerprint density at radius 2 is 1.65 bits per heavy atom. The van der Waals surface area contributed by atoms with Crippen LogP contribution in [0.3, 0.4) is 0 Å². The van der Waals surface area contributed by atoms with Crippen molar-refractivity contribution in [2.75, 3.05) is 17.2 Å². The zero-order valence-corrected chi connectivity index (χ0v) is 21.8. The van der Waals surface area contributed by atoms with Crippen LogP contribution < -0.4 is 16.0 Å². The zero-order chi connectivity index (χ0) is 28.2. The lowest BCUT2D eigenvalue weighted by atomic mass is 10.0. The minimum absolute atomic E-state index is 0.133. The van der Waals surface area contributed by atoms with Gasteiger partial charge in [0.2, 0.25) is 11.8 Å². The minimum Gasteiger partial charge on any atom is -0.465 e. The molecule has 3 aromatic carbocycles. The van der Waals surface area contributed by atoms with Crippen LogP contribution in [0.25, 0.3) is 22.2 Å². The number of fused-ring (bicyclic) bond motifs is 1. The fraction of sp³-hybridized carbons (Fsp3) is 0.200. The molecule has 4 amide bonds. The summed E-state index contributed by atoms with van der Waals surface area (Å²) >= 11 is 0. The number of rotatable bonds is 7. The second-order valence-corrected chi connectivity index (χ2v) is 9.72. The van der Waals surface area contributed by atoms with Gasteiger partial charge in [0.25, 0.3) is 5.91 Å². The number of likely N-dealkylation sites (tertiary alicyclic amines) is 1. The van der Waals surface area contributed by atoms with Gasteiger partial charge in [-0.05, 0) is 60.4 Å². The molecule has 4 aromatic rings. The lowest BCUT2D eigenvalue weighted by Crippen LogP contribution is -2.48. The molecule has 5 N–H and O–H groups in total. The Balaban J connectivity index is 1.31. The van der Waals surface area contributed by atoms with Gasteiger partial charge >= 0.3 is 6.09 Å². The average Bonchev–Trinajstić information content (AvgIpc) is 3.59. The van der Waals surface area contributed by atoms with Gasteiger partial charge in [-0.3, -0.25) is 14.4 Å². The van der Waals surface area contributed by atoms with Crippen molar-refractivity contribution in [3.8, 4) is 11.3 Å². The van der Waals surface area contributed by atoms with Crippen molar-refractivity contribution >= 4 is 46.1 Å². The standard InChI is InChI=1S/C30H29N5O5/c1-18(36)31-22-11-9-19(10-12-22)25-17-21-16-23(13-14-24(21)33-25)32-28(37)26-8-5-15-35(26)29(38)27(34-30(39)40)20-6-3-2-4-7-20/h2-4,6-7,9-14,16-17,26-27,33-34H,5,8,15H2,1H3,(H,31,36)(H,32,37)(H,39,40)/t26-,27?/m0/s1. The number of benzene rings is 3. The highest BCUT2D eigenvalue weighted by Crippen LogP contribution is 2.29. The van der Waals surface area contributed by atoms with E-state index in [2.05, 4.69) is 20.9 Å². The number of carbonyl (C=O) groups excluding carboxylic acids is 3. The molecule has 0 saturated carbocycles. The van der Waals surface area contributed by atoms with Gasteiger partial charge in [-0.25, -0.2) is 4.79 Å². The topological polar surface area (TPSA) is 144 Å². The molecule has 1 saturated heterocycles. The molecule has 0 spiro atoms. The third kappa shape index (κ3) is 5.80. The van der Waals surface area contributed by atoms with Crippen molar-refractivity contribution in [3.63, 3.8) is 0 Å². The van der Waals surface area contributed by atoms with Crippen molar-refractivity contribution in [2.45, 2.75) is 31.8 Å². The van der Waals surface area contributed by atoms with Crippen molar-refractivity contribution < 1.29 is 24.3 Å². The molecular formula is C30H29N5O5. The maximum atomic E-state index is 13.4. The monoisotopic (exact) mass is 539 g/mol. The quantitative estimate of drug-likeness (QED) is 0.231. The Labute approximate surface area is 230 Å². The van der Waals surface area contributed by atoms with E-state index in [1.165, 1.54) is 11.8 Å². The Morgan fingerprint density at radius 1 is 0.925 bits per heavy atom. The summed E-state index contributed by atoms with van der Waals surface area (Å²) in [6, 6.07) is 21.8. The predicted molar refractivity (Wildman–Crippen MR) is 152 cm³/mol. The molecule has 0 radical (unpaired) electrons. The summed E-state index contributed by atoms with van der Waals surface area (Å²) < 4.78 is 0. The predicted octanol–water partition coefficient (Wildman–Crippen LogP) is 4.73. The third-order valence-corrected chi connectivity index (χ3v) is 6.89. The number of carbonyl (C=O) groups is 4. The normalized spacial score (nSPS) is 15.4. The maximum absolute atomic E-state index is 13.4. The Bertz CT molecular complexity index is 1560. The molecule has 1 aliphatic rings. The summed E-state index contributed by atoms with van der Waals surface area (Å²) in [5.41, 5.74) is 4.54. The van der Waals surface area contributed by atoms with E-state index in [9.17, 15) is 24.3 Å². The Hall–Kier alpha value is -5.12. The van der Waals surface area contributed by atoms with Crippen molar-refractivity contribution in [1.82, 2.24) is 15.2 Å². The summed E-state index contributed by atoms with van der Waals surface area (Å²) in [6.45, 7) is 1.82. The summed E-state index contributed by atoms with van der Waals surface area (Å²) in [5.74, 6) is -0.913. The van der Waals surface area contributed by atoms with Crippen LogP contribution >= 0.6 is 0 Å². The molecule has 5 rings (SSSR count). The number of carboxylic acid groups (broad SMARTS) is 1. The lowest BCUT2D eigenvalue weighted by molar-refractivity contribution is -0.138. The van der Waals surface area contributed by atoms with E-state index in [1.807, 2.05) is 42.5 Å². The lowest BCUT2D eigenvalue weighted by Gasteiger charge is -2.28. The highest BCUT2D eigenvalue weighted by Gasteiger charge is 2.38. The molecule has 40 heavy (non-hydrogen) atoms. The first-order valence-electron chi connectivity index (χ1n) is 12.9. The molecule has 10 nitrogen and oxygen atoms in total. The first kappa shape index (κ1) is 26.5. The smallest absolute Gasteiger partial charge is 0.405 e. The molecule has 0 bridgehead atoms. The van der Waals surface area contributed by atoms with E-state index < -0.39 is 24.1 Å². The van der Waals surface area contributed by atoms with Gasteiger partial charge in [0.05, 0.1) is 0 Å². The molecule has 10 heteroatoms. The van der Waals surface area contributed by atoms with Gasteiger partial charge in [0, 0.05) is 41.4 Å². The number of H-pyrrole nitrogens is 1. The fourth-order valence-corrected chi connectivity index (χ4v) is 5.05. The van der Waals surface area contributed by atoms with Gasteiger partial charge in [-0.15, -0.1) is 0 Å². The van der Waals surface area contributed by atoms with Crippen LogP contribution in [-0.2, 0) is 14.4 Å². The SMILES string of the molecule is CC(=O)Nc1ccc(-c2cc3cc(NC(=O)[C@@H]4CCCN4C(=O)C(NC(=O)O)c4ccccc4)ccc3[nH]2)cc1. The van der Waals surface area contributed by atoms with E-state index in [0.717, 1.165) is 22.2 Å². The minimum atomic E-state index is -1.31. The fourth-order valence-electron chi connectivity index (χ4n) is 5.05.